The Morgan fingerprint density at radius 3 is 2.14 bits per heavy atom. The van der Waals surface area contributed by atoms with Gasteiger partial charge in [-0.15, -0.1) is 0 Å². The standard InChI is InChI=1S/C27H33N3O5/c1-30(2)15-23(24(31)32)29-25(33)27(13-7-8-14-27)17-28-26(34)35-16-22-20-11-5-3-9-18(20)19-10-4-6-12-21(19)22/h3-6,9-12,22-23H,7-8,13-17H2,1-2H3,(H,28,34)(H,29,33)(H,31,32). The third-order valence-corrected chi connectivity index (χ3v) is 7.11. The number of carbonyl (C=O) groups is 3. The molecule has 0 heterocycles. The Morgan fingerprint density at radius 2 is 1.60 bits per heavy atom. The lowest BCUT2D eigenvalue weighted by Crippen LogP contribution is -2.54. The lowest BCUT2D eigenvalue weighted by Gasteiger charge is -2.30. The lowest BCUT2D eigenvalue weighted by molar-refractivity contribution is -0.144. The molecule has 0 radical (unpaired) electrons. The maximum atomic E-state index is 13.1. The molecule has 1 atom stereocenters. The van der Waals surface area contributed by atoms with Gasteiger partial charge in [0.25, 0.3) is 0 Å². The highest BCUT2D eigenvalue weighted by Gasteiger charge is 2.43. The average Bonchev–Trinajstić information content (AvgIpc) is 3.44. The number of benzene rings is 2. The number of hydrogen-bond donors (Lipinski definition) is 3. The summed E-state index contributed by atoms with van der Waals surface area (Å²) in [6, 6.07) is 15.3. The maximum absolute atomic E-state index is 13.1. The molecule has 35 heavy (non-hydrogen) atoms. The summed E-state index contributed by atoms with van der Waals surface area (Å²) < 4.78 is 5.61. The summed E-state index contributed by atoms with van der Waals surface area (Å²) in [5.41, 5.74) is 3.75. The Morgan fingerprint density at radius 1 is 1.03 bits per heavy atom. The van der Waals surface area contributed by atoms with Crippen molar-refractivity contribution >= 4 is 18.0 Å². The Hall–Kier alpha value is -3.39. The number of carboxylic acids is 1. The fourth-order valence-corrected chi connectivity index (χ4v) is 5.29. The van der Waals surface area contributed by atoms with Crippen molar-refractivity contribution < 1.29 is 24.2 Å². The van der Waals surface area contributed by atoms with E-state index in [2.05, 4.69) is 34.9 Å². The fourth-order valence-electron chi connectivity index (χ4n) is 5.29. The number of hydrogen-bond acceptors (Lipinski definition) is 5. The minimum absolute atomic E-state index is 0.0424. The molecule has 8 nitrogen and oxygen atoms in total. The van der Waals surface area contributed by atoms with Gasteiger partial charge in [-0.3, -0.25) is 4.79 Å². The van der Waals surface area contributed by atoms with E-state index in [0.29, 0.717) is 12.8 Å². The molecule has 8 heteroatoms. The zero-order valence-electron chi connectivity index (χ0n) is 20.3. The molecule has 0 spiro atoms. The zero-order chi connectivity index (χ0) is 25.0. The number of carbonyl (C=O) groups excluding carboxylic acids is 2. The van der Waals surface area contributed by atoms with Crippen molar-refractivity contribution in [2.24, 2.45) is 5.41 Å². The van der Waals surface area contributed by atoms with Crippen LogP contribution in [0.1, 0.15) is 42.7 Å². The molecule has 186 valence electrons. The van der Waals surface area contributed by atoms with E-state index >= 15 is 0 Å². The van der Waals surface area contributed by atoms with E-state index in [1.807, 2.05) is 24.3 Å². The maximum Gasteiger partial charge on any atom is 0.407 e. The van der Waals surface area contributed by atoms with Gasteiger partial charge >= 0.3 is 12.1 Å². The molecule has 0 bridgehead atoms. The van der Waals surface area contributed by atoms with Gasteiger partial charge in [0.2, 0.25) is 5.91 Å². The summed E-state index contributed by atoms with van der Waals surface area (Å²) in [5.74, 6) is -1.45. The van der Waals surface area contributed by atoms with Crippen LogP contribution in [0.15, 0.2) is 48.5 Å². The van der Waals surface area contributed by atoms with Gasteiger partial charge in [0.15, 0.2) is 0 Å². The molecule has 2 aromatic carbocycles. The second kappa shape index (κ2) is 10.5. The Bertz CT molecular complexity index is 1050. The molecule has 3 N–H and O–H groups in total. The van der Waals surface area contributed by atoms with Crippen molar-refractivity contribution in [2.45, 2.75) is 37.6 Å². The first kappa shape index (κ1) is 24.7. The summed E-state index contributed by atoms with van der Waals surface area (Å²) in [4.78, 5) is 39.1. The highest BCUT2D eigenvalue weighted by atomic mass is 16.5. The van der Waals surface area contributed by atoms with E-state index in [0.717, 1.165) is 35.1 Å². The molecular weight excluding hydrogens is 446 g/mol. The highest BCUT2D eigenvalue weighted by Crippen LogP contribution is 2.44. The zero-order valence-corrected chi connectivity index (χ0v) is 20.3. The summed E-state index contributed by atoms with van der Waals surface area (Å²) in [6.07, 6.45) is 2.32. The monoisotopic (exact) mass is 479 g/mol. The molecule has 2 amide bonds. The largest absolute Gasteiger partial charge is 0.480 e. The van der Waals surface area contributed by atoms with E-state index in [1.165, 1.54) is 0 Å². The average molecular weight is 480 g/mol. The van der Waals surface area contributed by atoms with Crippen molar-refractivity contribution in [1.29, 1.82) is 0 Å². The summed E-state index contributed by atoms with van der Waals surface area (Å²) >= 11 is 0. The normalized spacial score (nSPS) is 16.9. The van der Waals surface area contributed by atoms with Gasteiger partial charge in [0.1, 0.15) is 12.6 Å². The van der Waals surface area contributed by atoms with Gasteiger partial charge in [0, 0.05) is 19.0 Å². The van der Waals surface area contributed by atoms with Gasteiger partial charge in [-0.05, 0) is 49.2 Å². The Labute approximate surface area is 205 Å². The first-order chi connectivity index (χ1) is 16.8. The number of aliphatic carboxylic acids is 1. The van der Waals surface area contributed by atoms with Crippen LogP contribution in [-0.2, 0) is 14.3 Å². The van der Waals surface area contributed by atoms with E-state index in [1.54, 1.807) is 19.0 Å². The third kappa shape index (κ3) is 5.32. The first-order valence-electron chi connectivity index (χ1n) is 12.1. The number of carboxylic acid groups (broad SMARTS) is 1. The molecule has 0 saturated heterocycles. The lowest BCUT2D eigenvalue weighted by atomic mass is 9.84. The van der Waals surface area contributed by atoms with Crippen LogP contribution in [-0.4, -0.2) is 67.8 Å². The van der Waals surface area contributed by atoms with Crippen molar-refractivity contribution in [3.05, 3.63) is 59.7 Å². The van der Waals surface area contributed by atoms with Gasteiger partial charge in [-0.1, -0.05) is 61.4 Å². The molecule has 4 rings (SSSR count). The molecule has 2 aliphatic carbocycles. The number of rotatable bonds is 9. The topological polar surface area (TPSA) is 108 Å². The first-order valence-corrected chi connectivity index (χ1v) is 12.1. The quantitative estimate of drug-likeness (QED) is 0.510. The number of fused-ring (bicyclic) bond motifs is 3. The number of alkyl carbamates (subject to hydrolysis) is 1. The summed E-state index contributed by atoms with van der Waals surface area (Å²) in [6.45, 7) is 0.504. The molecule has 0 aliphatic heterocycles. The predicted molar refractivity (Wildman–Crippen MR) is 132 cm³/mol. The highest BCUT2D eigenvalue weighted by molar-refractivity contribution is 5.88. The van der Waals surface area contributed by atoms with Crippen LogP contribution < -0.4 is 10.6 Å². The van der Waals surface area contributed by atoms with Crippen LogP contribution in [0.3, 0.4) is 0 Å². The minimum Gasteiger partial charge on any atom is -0.480 e. The van der Waals surface area contributed by atoms with Crippen LogP contribution in [0, 0.1) is 5.41 Å². The van der Waals surface area contributed by atoms with Crippen LogP contribution in [0.5, 0.6) is 0 Å². The van der Waals surface area contributed by atoms with Gasteiger partial charge < -0.3 is 25.4 Å². The number of nitrogens with one attached hydrogen (secondary N) is 2. The van der Waals surface area contributed by atoms with Crippen LogP contribution in [0.25, 0.3) is 11.1 Å². The van der Waals surface area contributed by atoms with Crippen LogP contribution >= 0.6 is 0 Å². The third-order valence-electron chi connectivity index (χ3n) is 7.11. The smallest absolute Gasteiger partial charge is 0.407 e. The van der Waals surface area contributed by atoms with Crippen molar-refractivity contribution in [2.75, 3.05) is 33.8 Å². The molecule has 2 aromatic rings. The number of amides is 2. The fraction of sp³-hybridized carbons (Fsp3) is 0.444. The Balaban J connectivity index is 1.37. The van der Waals surface area contributed by atoms with Gasteiger partial charge in [-0.25, -0.2) is 9.59 Å². The minimum atomic E-state index is -1.08. The van der Waals surface area contributed by atoms with Gasteiger partial charge in [-0.2, -0.15) is 0 Å². The number of nitrogens with zero attached hydrogens (tertiary/aromatic N) is 1. The van der Waals surface area contributed by atoms with Crippen molar-refractivity contribution in [3.63, 3.8) is 0 Å². The Kier molecular flexibility index (Phi) is 7.40. The van der Waals surface area contributed by atoms with Gasteiger partial charge in [0.05, 0.1) is 5.41 Å². The number of ether oxygens (including phenoxy) is 1. The van der Waals surface area contributed by atoms with Crippen LogP contribution in [0.2, 0.25) is 0 Å². The molecule has 1 unspecified atom stereocenters. The van der Waals surface area contributed by atoms with E-state index in [4.69, 9.17) is 4.74 Å². The van der Waals surface area contributed by atoms with E-state index < -0.39 is 23.5 Å². The summed E-state index contributed by atoms with van der Waals surface area (Å²) in [5, 5.41) is 15.0. The van der Waals surface area contributed by atoms with E-state index in [-0.39, 0.29) is 31.5 Å². The number of likely N-dealkylation sites (N-methyl/N-ethyl adjacent to an activating group) is 1. The molecule has 1 fully saturated rings. The van der Waals surface area contributed by atoms with Crippen LogP contribution in [0.4, 0.5) is 4.79 Å². The molecule has 2 aliphatic rings. The second-order valence-electron chi connectivity index (χ2n) is 9.79. The summed E-state index contributed by atoms with van der Waals surface area (Å²) in [7, 11) is 3.51. The molecule has 1 saturated carbocycles. The molecular formula is C27H33N3O5. The van der Waals surface area contributed by atoms with E-state index in [9.17, 15) is 19.5 Å². The molecule has 0 aromatic heterocycles. The predicted octanol–water partition coefficient (Wildman–Crippen LogP) is 3.22. The second-order valence-corrected chi connectivity index (χ2v) is 9.79. The van der Waals surface area contributed by atoms with Crippen molar-refractivity contribution in [1.82, 2.24) is 15.5 Å². The van der Waals surface area contributed by atoms with Crippen molar-refractivity contribution in [3.8, 4) is 11.1 Å². The SMILES string of the molecule is CN(C)CC(NC(=O)C1(CNC(=O)OCC2c3ccccc3-c3ccccc32)CCCC1)C(=O)O.